The van der Waals surface area contributed by atoms with Crippen LogP contribution in [0.3, 0.4) is 0 Å². The van der Waals surface area contributed by atoms with Gasteiger partial charge in [0.15, 0.2) is 0 Å². The Bertz CT molecular complexity index is 133. The van der Waals surface area contributed by atoms with E-state index in [0.29, 0.717) is 0 Å². The number of rotatable bonds is 0. The molecule has 1 rings (SSSR count). The third-order valence-electron chi connectivity index (χ3n) is 1.14. The first-order chi connectivity index (χ1) is 4.93. The molecule has 0 radical (unpaired) electrons. The summed E-state index contributed by atoms with van der Waals surface area (Å²) in [6, 6.07) is 2.07. The molecule has 2 heteroatoms. The Morgan fingerprint density at radius 3 is 2.60 bits per heavy atom. The molecular formula is C8H14N2. The summed E-state index contributed by atoms with van der Waals surface area (Å²) in [7, 11) is 0. The van der Waals surface area contributed by atoms with E-state index in [9.17, 15) is 0 Å². The van der Waals surface area contributed by atoms with Crippen molar-refractivity contribution in [3.8, 4) is 6.07 Å². The number of hydrogen-bond donors (Lipinski definition) is 1. The lowest BCUT2D eigenvalue weighted by Gasteiger charge is -2.09. The van der Waals surface area contributed by atoms with Gasteiger partial charge in [-0.05, 0) is 6.42 Å². The van der Waals surface area contributed by atoms with Crippen molar-refractivity contribution in [2.24, 2.45) is 0 Å². The van der Waals surface area contributed by atoms with Crippen LogP contribution in [-0.4, -0.2) is 12.6 Å². The van der Waals surface area contributed by atoms with Gasteiger partial charge < -0.3 is 0 Å². The van der Waals surface area contributed by atoms with Crippen LogP contribution >= 0.6 is 0 Å². The predicted molar refractivity (Wildman–Crippen MR) is 42.5 cm³/mol. The molecule has 0 aromatic heterocycles. The van der Waals surface area contributed by atoms with Crippen LogP contribution in [-0.2, 0) is 0 Å². The molecule has 0 aliphatic carbocycles. The summed E-state index contributed by atoms with van der Waals surface area (Å²) < 4.78 is 0. The molecule has 1 aliphatic heterocycles. The van der Waals surface area contributed by atoms with Crippen molar-refractivity contribution in [2.75, 3.05) is 6.54 Å². The highest BCUT2D eigenvalue weighted by molar-refractivity contribution is 5.08. The van der Waals surface area contributed by atoms with Crippen LogP contribution in [0.25, 0.3) is 0 Å². The molecule has 0 amide bonds. The second kappa shape index (κ2) is 6.31. The minimum absolute atomic E-state index is 0.0382. The van der Waals surface area contributed by atoms with E-state index in [1.807, 2.05) is 26.0 Å². The minimum Gasteiger partial charge on any atom is -0.298 e. The Morgan fingerprint density at radius 1 is 1.60 bits per heavy atom. The molecule has 1 atom stereocenters. The van der Waals surface area contributed by atoms with Crippen molar-refractivity contribution < 1.29 is 0 Å². The van der Waals surface area contributed by atoms with E-state index in [1.165, 1.54) is 0 Å². The fraction of sp³-hybridized carbons (Fsp3) is 0.625. The van der Waals surface area contributed by atoms with E-state index in [1.54, 1.807) is 0 Å². The SMILES string of the molecule is CC.N#C[C@@H]1C=CCCN1. The maximum atomic E-state index is 8.33. The third kappa shape index (κ3) is 3.26. The van der Waals surface area contributed by atoms with Crippen molar-refractivity contribution in [1.29, 1.82) is 5.26 Å². The molecule has 0 spiro atoms. The fourth-order valence-electron chi connectivity index (χ4n) is 0.711. The standard InChI is InChI=1S/C6H8N2.C2H6/c7-5-6-3-1-2-4-8-6;1-2/h1,3,6,8H,2,4H2;1-2H3/t6-;/m0./s1. The van der Waals surface area contributed by atoms with Crippen molar-refractivity contribution in [1.82, 2.24) is 5.32 Å². The van der Waals surface area contributed by atoms with Crippen LogP contribution in [0, 0.1) is 11.3 Å². The first-order valence-electron chi connectivity index (χ1n) is 3.73. The number of nitrogens with zero attached hydrogens (tertiary/aromatic N) is 1. The lowest BCUT2D eigenvalue weighted by atomic mass is 10.2. The van der Waals surface area contributed by atoms with Crippen LogP contribution in [0.15, 0.2) is 12.2 Å². The molecule has 1 N–H and O–H groups in total. The van der Waals surface area contributed by atoms with Crippen molar-refractivity contribution in [3.63, 3.8) is 0 Å². The summed E-state index contributed by atoms with van der Waals surface area (Å²) in [4.78, 5) is 0. The monoisotopic (exact) mass is 138 g/mol. The summed E-state index contributed by atoms with van der Waals surface area (Å²) in [5.74, 6) is 0. The van der Waals surface area contributed by atoms with Crippen LogP contribution in [0.1, 0.15) is 20.3 Å². The van der Waals surface area contributed by atoms with Crippen LogP contribution in [0.4, 0.5) is 0 Å². The normalized spacial score (nSPS) is 22.3. The summed E-state index contributed by atoms with van der Waals surface area (Å²) in [5.41, 5.74) is 0. The van der Waals surface area contributed by atoms with Crippen molar-refractivity contribution >= 4 is 0 Å². The predicted octanol–water partition coefficient (Wildman–Crippen LogP) is 1.45. The van der Waals surface area contributed by atoms with Crippen molar-refractivity contribution in [2.45, 2.75) is 26.3 Å². The van der Waals surface area contributed by atoms with E-state index < -0.39 is 0 Å². The first kappa shape index (κ1) is 9.19. The zero-order valence-electron chi connectivity index (χ0n) is 6.59. The highest BCUT2D eigenvalue weighted by Gasteiger charge is 2.02. The zero-order valence-corrected chi connectivity index (χ0v) is 6.59. The topological polar surface area (TPSA) is 35.8 Å². The van der Waals surface area contributed by atoms with E-state index in [-0.39, 0.29) is 6.04 Å². The second-order valence-electron chi connectivity index (χ2n) is 1.78. The average molecular weight is 138 g/mol. The smallest absolute Gasteiger partial charge is 0.114 e. The van der Waals surface area contributed by atoms with Crippen LogP contribution < -0.4 is 5.32 Å². The van der Waals surface area contributed by atoms with Gasteiger partial charge in [0.1, 0.15) is 6.04 Å². The minimum atomic E-state index is -0.0382. The highest BCUT2D eigenvalue weighted by atomic mass is 14.9. The summed E-state index contributed by atoms with van der Waals surface area (Å²) in [6.07, 6.45) is 4.98. The van der Waals surface area contributed by atoms with Gasteiger partial charge in [-0.2, -0.15) is 5.26 Å². The number of nitriles is 1. The maximum absolute atomic E-state index is 8.33. The molecule has 10 heavy (non-hydrogen) atoms. The van der Waals surface area contributed by atoms with Gasteiger partial charge in [-0.25, -0.2) is 0 Å². The van der Waals surface area contributed by atoms with Gasteiger partial charge in [-0.1, -0.05) is 26.0 Å². The average Bonchev–Trinajstić information content (AvgIpc) is 2.10. The first-order valence-corrected chi connectivity index (χ1v) is 3.73. The van der Waals surface area contributed by atoms with E-state index in [2.05, 4.69) is 11.4 Å². The van der Waals surface area contributed by atoms with E-state index >= 15 is 0 Å². The second-order valence-corrected chi connectivity index (χ2v) is 1.78. The summed E-state index contributed by atoms with van der Waals surface area (Å²) >= 11 is 0. The Kier molecular flexibility index (Phi) is 5.80. The van der Waals surface area contributed by atoms with Crippen LogP contribution in [0.2, 0.25) is 0 Å². The Balaban J connectivity index is 0.000000371. The Labute approximate surface area is 62.5 Å². The number of hydrogen-bond acceptors (Lipinski definition) is 2. The summed E-state index contributed by atoms with van der Waals surface area (Å²) in [5, 5.41) is 11.3. The van der Waals surface area contributed by atoms with E-state index in [0.717, 1.165) is 13.0 Å². The largest absolute Gasteiger partial charge is 0.298 e. The van der Waals surface area contributed by atoms with Gasteiger partial charge in [-0.3, -0.25) is 5.32 Å². The molecule has 1 aliphatic rings. The van der Waals surface area contributed by atoms with Gasteiger partial charge in [0.2, 0.25) is 0 Å². The molecule has 0 aromatic rings. The maximum Gasteiger partial charge on any atom is 0.114 e. The lowest BCUT2D eigenvalue weighted by molar-refractivity contribution is 0.659. The molecular weight excluding hydrogens is 124 g/mol. The van der Waals surface area contributed by atoms with E-state index in [4.69, 9.17) is 5.26 Å². The molecule has 0 saturated heterocycles. The molecule has 2 nitrogen and oxygen atoms in total. The zero-order chi connectivity index (χ0) is 7.82. The third-order valence-corrected chi connectivity index (χ3v) is 1.14. The van der Waals surface area contributed by atoms with Gasteiger partial charge in [0.25, 0.3) is 0 Å². The molecule has 56 valence electrons. The highest BCUT2D eigenvalue weighted by Crippen LogP contribution is 1.93. The van der Waals surface area contributed by atoms with Gasteiger partial charge in [-0.15, -0.1) is 0 Å². The van der Waals surface area contributed by atoms with Gasteiger partial charge >= 0.3 is 0 Å². The molecule has 0 saturated carbocycles. The molecule has 0 unspecified atom stereocenters. The molecule has 1 heterocycles. The molecule has 0 bridgehead atoms. The Morgan fingerprint density at radius 2 is 2.30 bits per heavy atom. The molecule has 0 aromatic carbocycles. The van der Waals surface area contributed by atoms with Gasteiger partial charge in [0, 0.05) is 6.54 Å². The van der Waals surface area contributed by atoms with Crippen molar-refractivity contribution in [3.05, 3.63) is 12.2 Å². The lowest BCUT2D eigenvalue weighted by Crippen LogP contribution is -2.28. The number of nitrogens with one attached hydrogen (secondary N) is 1. The van der Waals surface area contributed by atoms with Crippen LogP contribution in [0.5, 0.6) is 0 Å². The quantitative estimate of drug-likeness (QED) is 0.514. The molecule has 0 fully saturated rings. The fourth-order valence-corrected chi connectivity index (χ4v) is 0.711. The van der Waals surface area contributed by atoms with Gasteiger partial charge in [0.05, 0.1) is 6.07 Å². The Hall–Kier alpha value is -0.810. The summed E-state index contributed by atoms with van der Waals surface area (Å²) in [6.45, 7) is 4.94.